The van der Waals surface area contributed by atoms with Crippen LogP contribution in [0.4, 0.5) is 11.6 Å². The number of nitrogens with zero attached hydrogens (tertiary/aromatic N) is 4. The summed E-state index contributed by atoms with van der Waals surface area (Å²) in [6.07, 6.45) is 5.48. The molecule has 3 aromatic rings. The van der Waals surface area contributed by atoms with Gasteiger partial charge >= 0.3 is 5.97 Å². The van der Waals surface area contributed by atoms with Crippen molar-refractivity contribution < 1.29 is 9.53 Å². The number of carbonyl (C=O) groups is 1. The Bertz CT molecular complexity index is 1180. The maximum atomic E-state index is 12.0. The summed E-state index contributed by atoms with van der Waals surface area (Å²) in [7, 11) is 0. The highest BCUT2D eigenvalue weighted by Gasteiger charge is 2.43. The Kier molecular flexibility index (Phi) is 6.90. The number of esters is 1. The van der Waals surface area contributed by atoms with Gasteiger partial charge in [-0.1, -0.05) is 44.2 Å². The topological polar surface area (TPSA) is 80.2 Å². The van der Waals surface area contributed by atoms with Crippen LogP contribution in [0.25, 0.3) is 11.5 Å². The van der Waals surface area contributed by atoms with Crippen molar-refractivity contribution in [3.05, 3.63) is 65.9 Å². The van der Waals surface area contributed by atoms with Gasteiger partial charge < -0.3 is 15.0 Å². The molecule has 2 aromatic heterocycles. The summed E-state index contributed by atoms with van der Waals surface area (Å²) in [6.45, 7) is 8.38. The van der Waals surface area contributed by atoms with E-state index in [-0.39, 0.29) is 17.5 Å². The summed E-state index contributed by atoms with van der Waals surface area (Å²) < 4.78 is 5.72. The third kappa shape index (κ3) is 5.50. The summed E-state index contributed by atoms with van der Waals surface area (Å²) >= 11 is 0. The Balaban J connectivity index is 1.30. The zero-order valence-electron chi connectivity index (χ0n) is 21.4. The summed E-state index contributed by atoms with van der Waals surface area (Å²) in [5.74, 6) is 2.56. The number of nitrogens with one attached hydrogen (secondary N) is 1. The van der Waals surface area contributed by atoms with Gasteiger partial charge in [-0.2, -0.15) is 0 Å². The Morgan fingerprint density at radius 2 is 1.78 bits per heavy atom. The van der Waals surface area contributed by atoms with Gasteiger partial charge in [0.2, 0.25) is 0 Å². The van der Waals surface area contributed by atoms with Gasteiger partial charge in [0.15, 0.2) is 5.82 Å². The maximum absolute atomic E-state index is 12.0. The fraction of sp³-hybridized carbons (Fsp3) is 0.448. The van der Waals surface area contributed by atoms with Gasteiger partial charge in [0, 0.05) is 31.9 Å². The van der Waals surface area contributed by atoms with Crippen LogP contribution in [0, 0.1) is 11.8 Å². The van der Waals surface area contributed by atoms with E-state index in [2.05, 4.69) is 45.5 Å². The second-order valence-corrected chi connectivity index (χ2v) is 10.6. The Morgan fingerprint density at radius 1 is 1.08 bits per heavy atom. The fourth-order valence-corrected chi connectivity index (χ4v) is 5.19. The molecule has 1 aliphatic carbocycles. The lowest BCUT2D eigenvalue weighted by Gasteiger charge is -2.44. The zero-order valence-corrected chi connectivity index (χ0v) is 21.4. The fourth-order valence-electron chi connectivity index (χ4n) is 5.19. The van der Waals surface area contributed by atoms with E-state index in [4.69, 9.17) is 14.7 Å². The molecule has 0 spiro atoms. The molecular formula is C29H35N5O2. The largest absolute Gasteiger partial charge is 0.459 e. The molecule has 2 aliphatic rings. The van der Waals surface area contributed by atoms with Crippen molar-refractivity contribution in [2.75, 3.05) is 29.9 Å². The molecule has 0 saturated heterocycles. The van der Waals surface area contributed by atoms with E-state index in [9.17, 15) is 4.79 Å². The first kappa shape index (κ1) is 24.2. The molecule has 1 N–H and O–H groups in total. The van der Waals surface area contributed by atoms with Crippen LogP contribution in [0.1, 0.15) is 44.7 Å². The lowest BCUT2D eigenvalue weighted by atomic mass is 9.72. The van der Waals surface area contributed by atoms with Gasteiger partial charge in [-0.05, 0) is 61.8 Å². The predicted octanol–water partition coefficient (Wildman–Crippen LogP) is 4.92. The zero-order chi connectivity index (χ0) is 25.1. The number of aromatic nitrogens is 3. The molecule has 3 heterocycles. The Hall–Kier alpha value is -3.48. The third-order valence-electron chi connectivity index (χ3n) is 7.18. The number of carbonyl (C=O) groups excluding carboxylic acids is 1. The SMILES string of the molecule is CC(C)C(=O)OC1(C)CC(CNc2cc(N3CCc4ccccc4CC3)nc(-c3ccccn3)n2)C1. The first-order chi connectivity index (χ1) is 17.4. The molecule has 0 atom stereocenters. The van der Waals surface area contributed by atoms with Crippen molar-refractivity contribution in [1.82, 2.24) is 15.0 Å². The molecule has 5 rings (SSSR count). The minimum Gasteiger partial charge on any atom is -0.459 e. The minimum atomic E-state index is -0.356. The van der Waals surface area contributed by atoms with Crippen LogP contribution in [-0.4, -0.2) is 46.2 Å². The highest BCUT2D eigenvalue weighted by atomic mass is 16.6. The molecular weight excluding hydrogens is 450 g/mol. The minimum absolute atomic E-state index is 0.102. The molecule has 1 aromatic carbocycles. The quantitative estimate of drug-likeness (QED) is 0.476. The van der Waals surface area contributed by atoms with Crippen molar-refractivity contribution >= 4 is 17.6 Å². The molecule has 7 heteroatoms. The molecule has 0 unspecified atom stereocenters. The number of rotatable bonds is 7. The number of ether oxygens (including phenoxy) is 1. The van der Waals surface area contributed by atoms with Crippen molar-refractivity contribution in [3.63, 3.8) is 0 Å². The number of benzene rings is 1. The van der Waals surface area contributed by atoms with Crippen LogP contribution in [0.2, 0.25) is 0 Å². The molecule has 1 aliphatic heterocycles. The molecule has 0 amide bonds. The lowest BCUT2D eigenvalue weighted by molar-refractivity contribution is -0.175. The smallest absolute Gasteiger partial charge is 0.308 e. The second kappa shape index (κ2) is 10.2. The van der Waals surface area contributed by atoms with E-state index in [0.717, 1.165) is 62.6 Å². The second-order valence-electron chi connectivity index (χ2n) is 10.6. The van der Waals surface area contributed by atoms with Gasteiger partial charge in [-0.25, -0.2) is 9.97 Å². The molecule has 0 bridgehead atoms. The van der Waals surface area contributed by atoms with Crippen LogP contribution in [-0.2, 0) is 22.4 Å². The van der Waals surface area contributed by atoms with Crippen molar-refractivity contribution in [2.45, 2.75) is 52.1 Å². The monoisotopic (exact) mass is 485 g/mol. The number of pyridine rings is 1. The maximum Gasteiger partial charge on any atom is 0.308 e. The average Bonchev–Trinajstić information content (AvgIpc) is 3.09. The predicted molar refractivity (Wildman–Crippen MR) is 142 cm³/mol. The van der Waals surface area contributed by atoms with Crippen LogP contribution in [0.3, 0.4) is 0 Å². The van der Waals surface area contributed by atoms with Crippen molar-refractivity contribution in [1.29, 1.82) is 0 Å². The van der Waals surface area contributed by atoms with E-state index in [1.54, 1.807) is 6.20 Å². The summed E-state index contributed by atoms with van der Waals surface area (Å²) in [5.41, 5.74) is 3.24. The van der Waals surface area contributed by atoms with E-state index < -0.39 is 0 Å². The standard InChI is InChI=1S/C29H35N5O2/c1-20(2)28(35)36-29(3)17-21(18-29)19-31-25-16-26(33-27(32-25)24-10-6-7-13-30-24)34-14-11-22-8-4-5-9-23(22)12-15-34/h4-10,13,16,20-21H,11-12,14-15,17-19H2,1-3H3,(H,31,32,33). The van der Waals surface area contributed by atoms with E-state index in [0.29, 0.717) is 11.7 Å². The Labute approximate surface area is 213 Å². The highest BCUT2D eigenvalue weighted by molar-refractivity contribution is 5.72. The molecule has 0 radical (unpaired) electrons. The highest BCUT2D eigenvalue weighted by Crippen LogP contribution is 2.41. The van der Waals surface area contributed by atoms with Gasteiger partial charge in [-0.15, -0.1) is 0 Å². The molecule has 188 valence electrons. The van der Waals surface area contributed by atoms with Gasteiger partial charge in [-0.3, -0.25) is 9.78 Å². The summed E-state index contributed by atoms with van der Waals surface area (Å²) in [6, 6.07) is 16.6. The van der Waals surface area contributed by atoms with E-state index in [1.165, 1.54) is 11.1 Å². The van der Waals surface area contributed by atoms with Crippen LogP contribution >= 0.6 is 0 Å². The van der Waals surface area contributed by atoms with Crippen LogP contribution in [0.5, 0.6) is 0 Å². The first-order valence-corrected chi connectivity index (χ1v) is 13.0. The molecule has 36 heavy (non-hydrogen) atoms. The number of fused-ring (bicyclic) bond motifs is 1. The van der Waals surface area contributed by atoms with E-state index in [1.807, 2.05) is 39.0 Å². The average molecular weight is 486 g/mol. The lowest BCUT2D eigenvalue weighted by Crippen LogP contribution is -2.47. The normalized spacial score (nSPS) is 21.3. The number of hydrogen-bond acceptors (Lipinski definition) is 7. The number of anilines is 2. The third-order valence-corrected chi connectivity index (χ3v) is 7.18. The van der Waals surface area contributed by atoms with Crippen molar-refractivity contribution in [3.8, 4) is 11.5 Å². The molecule has 1 saturated carbocycles. The first-order valence-electron chi connectivity index (χ1n) is 13.0. The molecule has 7 nitrogen and oxygen atoms in total. The van der Waals surface area contributed by atoms with Crippen LogP contribution in [0.15, 0.2) is 54.7 Å². The molecule has 1 fully saturated rings. The Morgan fingerprint density at radius 3 is 2.42 bits per heavy atom. The van der Waals surface area contributed by atoms with E-state index >= 15 is 0 Å². The summed E-state index contributed by atoms with van der Waals surface area (Å²) in [5, 5.41) is 3.54. The van der Waals surface area contributed by atoms with Gasteiger partial charge in [0.05, 0.1) is 5.92 Å². The van der Waals surface area contributed by atoms with Gasteiger partial charge in [0.1, 0.15) is 22.9 Å². The van der Waals surface area contributed by atoms with Crippen LogP contribution < -0.4 is 10.2 Å². The van der Waals surface area contributed by atoms with Gasteiger partial charge in [0.25, 0.3) is 0 Å². The summed E-state index contributed by atoms with van der Waals surface area (Å²) in [4.78, 5) is 28.6. The van der Waals surface area contributed by atoms with Crippen molar-refractivity contribution in [2.24, 2.45) is 11.8 Å². The number of hydrogen-bond donors (Lipinski definition) is 1.